The van der Waals surface area contributed by atoms with Crippen LogP contribution in [0.2, 0.25) is 0 Å². The summed E-state index contributed by atoms with van der Waals surface area (Å²) >= 11 is 0. The van der Waals surface area contributed by atoms with E-state index in [1.807, 2.05) is 0 Å². The number of hydrogen-bond acceptors (Lipinski definition) is 5. The lowest BCUT2D eigenvalue weighted by molar-refractivity contribution is -0.137. The first-order chi connectivity index (χ1) is 12.9. The van der Waals surface area contributed by atoms with Crippen LogP contribution in [0.15, 0.2) is 34.9 Å². The molecule has 2 heterocycles. The van der Waals surface area contributed by atoms with Crippen LogP contribution in [0, 0.1) is 0 Å². The Morgan fingerprint density at radius 1 is 1.41 bits per heavy atom. The van der Waals surface area contributed by atoms with E-state index in [1.165, 1.54) is 18.4 Å². The zero-order valence-corrected chi connectivity index (χ0v) is 14.7. The molecule has 2 aromatic rings. The lowest BCUT2D eigenvalue weighted by Crippen LogP contribution is -2.43. The fourth-order valence-corrected chi connectivity index (χ4v) is 2.86. The van der Waals surface area contributed by atoms with E-state index in [0.717, 1.165) is 25.0 Å². The predicted octanol–water partition coefficient (Wildman–Crippen LogP) is 3.52. The van der Waals surface area contributed by atoms with Crippen molar-refractivity contribution in [2.75, 3.05) is 20.2 Å². The van der Waals surface area contributed by atoms with Crippen LogP contribution >= 0.6 is 0 Å². The van der Waals surface area contributed by atoms with Crippen LogP contribution in [0.5, 0.6) is 5.75 Å². The van der Waals surface area contributed by atoms with Crippen molar-refractivity contribution >= 4 is 5.91 Å². The summed E-state index contributed by atoms with van der Waals surface area (Å²) in [6.07, 6.45) is -1.48. The number of rotatable bonds is 5. The number of halogens is 3. The average Bonchev–Trinajstić information content (AvgIpc) is 3.14. The second-order valence-corrected chi connectivity index (χ2v) is 6.19. The molecular formula is C18H19F3N2O4. The molecule has 1 atom stereocenters. The van der Waals surface area contributed by atoms with Crippen LogP contribution in [0.1, 0.15) is 34.8 Å². The van der Waals surface area contributed by atoms with Gasteiger partial charge in [-0.2, -0.15) is 13.2 Å². The Morgan fingerprint density at radius 3 is 2.96 bits per heavy atom. The maximum atomic E-state index is 12.7. The molecule has 0 aliphatic carbocycles. The van der Waals surface area contributed by atoms with Gasteiger partial charge in [0.2, 0.25) is 5.89 Å². The molecule has 146 valence electrons. The second kappa shape index (κ2) is 7.99. The Bertz CT molecular complexity index is 791. The van der Waals surface area contributed by atoms with Crippen molar-refractivity contribution in [1.29, 1.82) is 0 Å². The molecule has 1 aromatic carbocycles. The van der Waals surface area contributed by atoms with Crippen LogP contribution < -0.4 is 4.74 Å². The van der Waals surface area contributed by atoms with E-state index < -0.39 is 11.7 Å². The van der Waals surface area contributed by atoms with E-state index in [2.05, 4.69) is 4.98 Å². The first kappa shape index (κ1) is 19.2. The molecule has 0 bridgehead atoms. The van der Waals surface area contributed by atoms with Crippen LogP contribution in [-0.4, -0.2) is 42.1 Å². The van der Waals surface area contributed by atoms with Crippen molar-refractivity contribution < 1.29 is 31.9 Å². The number of benzene rings is 1. The van der Waals surface area contributed by atoms with Gasteiger partial charge in [0.15, 0.2) is 12.3 Å². The molecular weight excluding hydrogens is 365 g/mol. The average molecular weight is 384 g/mol. The lowest BCUT2D eigenvalue weighted by Gasteiger charge is -2.31. The zero-order chi connectivity index (χ0) is 19.4. The molecule has 0 radical (unpaired) electrons. The van der Waals surface area contributed by atoms with Gasteiger partial charge in [0, 0.05) is 20.2 Å². The van der Waals surface area contributed by atoms with Crippen molar-refractivity contribution in [2.24, 2.45) is 0 Å². The van der Waals surface area contributed by atoms with Gasteiger partial charge < -0.3 is 18.8 Å². The van der Waals surface area contributed by atoms with Gasteiger partial charge in [-0.1, -0.05) is 6.07 Å². The van der Waals surface area contributed by atoms with E-state index in [9.17, 15) is 18.0 Å². The Balaban J connectivity index is 1.60. The van der Waals surface area contributed by atoms with E-state index >= 15 is 0 Å². The molecule has 0 saturated carbocycles. The minimum Gasteiger partial charge on any atom is -0.484 e. The number of carbonyl (C=O) groups excluding carboxylic acids is 1. The van der Waals surface area contributed by atoms with Crippen molar-refractivity contribution in [1.82, 2.24) is 9.88 Å². The molecule has 0 N–H and O–H groups in total. The molecule has 27 heavy (non-hydrogen) atoms. The SMILES string of the molecule is CO[C@H]1CCCN(C(=O)c2coc(COc3cccc(C(F)(F)F)c3)n2)C1. The number of oxazole rings is 1. The molecule has 1 aromatic heterocycles. The summed E-state index contributed by atoms with van der Waals surface area (Å²) in [5.74, 6) is -0.128. The lowest BCUT2D eigenvalue weighted by atomic mass is 10.1. The molecule has 1 fully saturated rings. The van der Waals surface area contributed by atoms with E-state index in [1.54, 1.807) is 12.0 Å². The summed E-state index contributed by atoms with van der Waals surface area (Å²) in [6.45, 7) is 0.912. The van der Waals surface area contributed by atoms with Gasteiger partial charge in [0.25, 0.3) is 5.91 Å². The quantitative estimate of drug-likeness (QED) is 0.789. The minimum atomic E-state index is -4.45. The van der Waals surface area contributed by atoms with Crippen molar-refractivity contribution in [3.05, 3.63) is 47.7 Å². The molecule has 3 rings (SSSR count). The number of hydrogen-bond donors (Lipinski definition) is 0. The number of likely N-dealkylation sites (tertiary alicyclic amines) is 1. The predicted molar refractivity (Wildman–Crippen MR) is 88.2 cm³/mol. The number of piperidine rings is 1. The molecule has 1 saturated heterocycles. The number of ether oxygens (including phenoxy) is 2. The first-order valence-electron chi connectivity index (χ1n) is 8.43. The third-order valence-corrected chi connectivity index (χ3v) is 4.29. The minimum absolute atomic E-state index is 0.00156. The van der Waals surface area contributed by atoms with E-state index in [-0.39, 0.29) is 36.0 Å². The summed E-state index contributed by atoms with van der Waals surface area (Å²) in [7, 11) is 1.61. The molecule has 0 spiro atoms. The topological polar surface area (TPSA) is 64.8 Å². The van der Waals surface area contributed by atoms with Gasteiger partial charge in [-0.3, -0.25) is 4.79 Å². The van der Waals surface area contributed by atoms with Crippen molar-refractivity contribution in [3.8, 4) is 5.75 Å². The van der Waals surface area contributed by atoms with E-state index in [0.29, 0.717) is 13.1 Å². The molecule has 0 unspecified atom stereocenters. The first-order valence-corrected chi connectivity index (χ1v) is 8.43. The smallest absolute Gasteiger partial charge is 0.416 e. The van der Waals surface area contributed by atoms with Crippen LogP contribution in [0.4, 0.5) is 13.2 Å². The van der Waals surface area contributed by atoms with Crippen molar-refractivity contribution in [3.63, 3.8) is 0 Å². The van der Waals surface area contributed by atoms with Gasteiger partial charge in [-0.05, 0) is 31.0 Å². The fourth-order valence-electron chi connectivity index (χ4n) is 2.86. The summed E-state index contributed by atoms with van der Waals surface area (Å²) in [5.41, 5.74) is -0.671. The number of alkyl halides is 3. The van der Waals surface area contributed by atoms with Gasteiger partial charge >= 0.3 is 6.18 Å². The normalized spacial score (nSPS) is 17.8. The summed E-state index contributed by atoms with van der Waals surface area (Å²) in [5, 5.41) is 0. The zero-order valence-electron chi connectivity index (χ0n) is 14.7. The Kier molecular flexibility index (Phi) is 5.69. The highest BCUT2D eigenvalue weighted by atomic mass is 19.4. The number of carbonyl (C=O) groups is 1. The Labute approximate surface area is 153 Å². The second-order valence-electron chi connectivity index (χ2n) is 6.19. The number of methoxy groups -OCH3 is 1. The summed E-state index contributed by atoms with van der Waals surface area (Å²) in [6, 6.07) is 4.52. The fraction of sp³-hybridized carbons (Fsp3) is 0.444. The third kappa shape index (κ3) is 4.79. The van der Waals surface area contributed by atoms with Crippen LogP contribution in [-0.2, 0) is 17.5 Å². The van der Waals surface area contributed by atoms with Crippen LogP contribution in [0.25, 0.3) is 0 Å². The van der Waals surface area contributed by atoms with E-state index in [4.69, 9.17) is 13.9 Å². The highest BCUT2D eigenvalue weighted by Gasteiger charge is 2.30. The van der Waals surface area contributed by atoms with Gasteiger partial charge in [0.1, 0.15) is 12.0 Å². The Morgan fingerprint density at radius 2 is 2.22 bits per heavy atom. The standard InChI is InChI=1S/C18H19F3N2O4/c1-25-14-6-3-7-23(9-14)17(24)15-10-27-16(22-15)11-26-13-5-2-4-12(8-13)18(19,20)21/h2,4-5,8,10,14H,3,6-7,9,11H2,1H3/t14-/m0/s1. The largest absolute Gasteiger partial charge is 0.484 e. The molecule has 1 amide bonds. The number of aromatic nitrogens is 1. The molecule has 1 aliphatic rings. The van der Waals surface area contributed by atoms with Crippen LogP contribution in [0.3, 0.4) is 0 Å². The van der Waals surface area contributed by atoms with Gasteiger partial charge in [0.05, 0.1) is 11.7 Å². The summed E-state index contributed by atoms with van der Waals surface area (Å²) in [4.78, 5) is 18.2. The highest BCUT2D eigenvalue weighted by Crippen LogP contribution is 2.31. The third-order valence-electron chi connectivity index (χ3n) is 4.29. The van der Waals surface area contributed by atoms with Crippen molar-refractivity contribution in [2.45, 2.75) is 31.7 Å². The molecule has 1 aliphatic heterocycles. The van der Waals surface area contributed by atoms with Gasteiger partial charge in [-0.15, -0.1) is 0 Å². The summed E-state index contributed by atoms with van der Waals surface area (Å²) < 4.78 is 54.0. The number of amides is 1. The maximum Gasteiger partial charge on any atom is 0.416 e. The highest BCUT2D eigenvalue weighted by molar-refractivity contribution is 5.92. The Hall–Kier alpha value is -2.55. The molecule has 9 heteroatoms. The number of nitrogens with zero attached hydrogens (tertiary/aromatic N) is 2. The monoisotopic (exact) mass is 384 g/mol. The van der Waals surface area contributed by atoms with Gasteiger partial charge in [-0.25, -0.2) is 4.98 Å². The molecule has 6 nitrogen and oxygen atoms in total. The maximum absolute atomic E-state index is 12.7.